The van der Waals surface area contributed by atoms with Crippen molar-refractivity contribution in [2.75, 3.05) is 20.1 Å². The average Bonchev–Trinajstić information content (AvgIpc) is 2.65. The number of oxime groups is 1. The number of hydrogen-bond donors (Lipinski definition) is 1. The standard InChI is InChI=1S/C7H12N4O3/c1-8-6(7(9-12)11(13)14)10-4-2-3-5-10/h12H,2-5H2,1H3/b8-6+,9-7-. The molecule has 0 atom stereocenters. The molecule has 1 heterocycles. The van der Waals surface area contributed by atoms with E-state index in [1.807, 2.05) is 0 Å². The van der Waals surface area contributed by atoms with Gasteiger partial charge in [0, 0.05) is 20.1 Å². The summed E-state index contributed by atoms with van der Waals surface area (Å²) in [5.41, 5.74) is 0. The van der Waals surface area contributed by atoms with Crippen molar-refractivity contribution in [3.8, 4) is 0 Å². The SMILES string of the molecule is C/N=C(\C(=N\O)[N+](=O)[O-])N1CCCC1. The van der Waals surface area contributed by atoms with Crippen LogP contribution in [0.3, 0.4) is 0 Å². The molecule has 1 N–H and O–H groups in total. The number of aliphatic imine (C=N–C) groups is 1. The number of hydrogen-bond acceptors (Lipinski definition) is 5. The Morgan fingerprint density at radius 2 is 2.07 bits per heavy atom. The molecule has 7 heteroatoms. The summed E-state index contributed by atoms with van der Waals surface area (Å²) >= 11 is 0. The van der Waals surface area contributed by atoms with Gasteiger partial charge in [-0.05, 0) is 17.8 Å². The monoisotopic (exact) mass is 200 g/mol. The van der Waals surface area contributed by atoms with E-state index in [-0.39, 0.29) is 5.84 Å². The number of amidine groups is 2. The molecule has 1 aliphatic heterocycles. The maximum Gasteiger partial charge on any atom is 0.451 e. The molecule has 0 bridgehead atoms. The van der Waals surface area contributed by atoms with Crippen LogP contribution in [0.25, 0.3) is 0 Å². The molecule has 1 saturated heterocycles. The van der Waals surface area contributed by atoms with Crippen LogP contribution in [0, 0.1) is 10.1 Å². The minimum absolute atomic E-state index is 0.148. The van der Waals surface area contributed by atoms with Crippen molar-refractivity contribution in [1.82, 2.24) is 4.90 Å². The first-order valence-corrected chi connectivity index (χ1v) is 4.29. The molecule has 0 radical (unpaired) electrons. The molecule has 7 nitrogen and oxygen atoms in total. The summed E-state index contributed by atoms with van der Waals surface area (Å²) in [5.74, 6) is -0.440. The van der Waals surface area contributed by atoms with Gasteiger partial charge in [0.1, 0.15) is 0 Å². The van der Waals surface area contributed by atoms with Gasteiger partial charge in [-0.3, -0.25) is 4.99 Å². The molecule has 0 aromatic heterocycles. The van der Waals surface area contributed by atoms with Crippen molar-refractivity contribution in [1.29, 1.82) is 0 Å². The molecule has 1 fully saturated rings. The van der Waals surface area contributed by atoms with Gasteiger partial charge in [-0.2, -0.15) is 0 Å². The van der Waals surface area contributed by atoms with Gasteiger partial charge in [-0.1, -0.05) is 0 Å². The zero-order chi connectivity index (χ0) is 10.6. The van der Waals surface area contributed by atoms with Crippen molar-refractivity contribution < 1.29 is 10.1 Å². The number of likely N-dealkylation sites (tertiary alicyclic amines) is 1. The lowest BCUT2D eigenvalue weighted by Crippen LogP contribution is -2.38. The van der Waals surface area contributed by atoms with E-state index < -0.39 is 10.8 Å². The summed E-state index contributed by atoms with van der Waals surface area (Å²) in [7, 11) is 1.45. The van der Waals surface area contributed by atoms with Crippen molar-refractivity contribution in [3.05, 3.63) is 10.1 Å². The van der Waals surface area contributed by atoms with Gasteiger partial charge in [-0.15, -0.1) is 0 Å². The van der Waals surface area contributed by atoms with Crippen molar-refractivity contribution in [3.63, 3.8) is 0 Å². The Labute approximate surface area is 80.9 Å². The fourth-order valence-corrected chi connectivity index (χ4v) is 1.47. The summed E-state index contributed by atoms with van der Waals surface area (Å²) in [6.07, 6.45) is 1.96. The van der Waals surface area contributed by atoms with Gasteiger partial charge in [0.15, 0.2) is 5.16 Å². The van der Waals surface area contributed by atoms with Crippen LogP contribution in [0.4, 0.5) is 0 Å². The second kappa shape index (κ2) is 4.54. The zero-order valence-corrected chi connectivity index (χ0v) is 7.88. The van der Waals surface area contributed by atoms with Gasteiger partial charge < -0.3 is 20.2 Å². The molecule has 0 spiro atoms. The van der Waals surface area contributed by atoms with Crippen LogP contribution in [0.1, 0.15) is 12.8 Å². The third kappa shape index (κ3) is 1.98. The predicted molar refractivity (Wildman–Crippen MR) is 50.4 cm³/mol. The average molecular weight is 200 g/mol. The summed E-state index contributed by atoms with van der Waals surface area (Å²) < 4.78 is 0. The van der Waals surface area contributed by atoms with Crippen LogP contribution in [0.5, 0.6) is 0 Å². The van der Waals surface area contributed by atoms with Gasteiger partial charge in [0.05, 0.1) is 0 Å². The van der Waals surface area contributed by atoms with Crippen LogP contribution in [0.2, 0.25) is 0 Å². The molecule has 78 valence electrons. The lowest BCUT2D eigenvalue weighted by Gasteiger charge is -2.15. The minimum Gasteiger partial charge on any atom is -0.358 e. The van der Waals surface area contributed by atoms with Crippen LogP contribution in [-0.2, 0) is 0 Å². The molecule has 0 saturated carbocycles. The highest BCUT2D eigenvalue weighted by atomic mass is 16.6. The largest absolute Gasteiger partial charge is 0.451 e. The highest BCUT2D eigenvalue weighted by molar-refractivity contribution is 6.36. The summed E-state index contributed by atoms with van der Waals surface area (Å²) in [5, 5.41) is 21.6. The Hall–Kier alpha value is -1.66. The van der Waals surface area contributed by atoms with E-state index in [1.54, 1.807) is 4.90 Å². The molecular formula is C7H12N4O3. The third-order valence-corrected chi connectivity index (χ3v) is 2.09. The van der Waals surface area contributed by atoms with E-state index in [9.17, 15) is 10.1 Å². The Morgan fingerprint density at radius 1 is 1.50 bits per heavy atom. The molecular weight excluding hydrogens is 188 g/mol. The molecule has 0 amide bonds. The first-order chi connectivity index (χ1) is 6.70. The number of nitrogens with zero attached hydrogens (tertiary/aromatic N) is 4. The summed E-state index contributed by atoms with van der Waals surface area (Å²) in [6, 6.07) is 0. The zero-order valence-electron chi connectivity index (χ0n) is 7.88. The van der Waals surface area contributed by atoms with E-state index in [2.05, 4.69) is 10.1 Å². The summed E-state index contributed by atoms with van der Waals surface area (Å²) in [4.78, 5) is 15.3. The van der Waals surface area contributed by atoms with Gasteiger partial charge >= 0.3 is 5.84 Å². The van der Waals surface area contributed by atoms with Gasteiger partial charge in [0.2, 0.25) is 5.84 Å². The van der Waals surface area contributed by atoms with E-state index >= 15 is 0 Å². The van der Waals surface area contributed by atoms with Gasteiger partial charge in [-0.25, -0.2) is 0 Å². The lowest BCUT2D eigenvalue weighted by molar-refractivity contribution is -0.348. The minimum atomic E-state index is -0.735. The molecule has 0 aliphatic carbocycles. The van der Waals surface area contributed by atoms with Crippen molar-refractivity contribution in [2.45, 2.75) is 12.8 Å². The lowest BCUT2D eigenvalue weighted by atomic mass is 10.4. The maximum absolute atomic E-state index is 10.5. The maximum atomic E-state index is 10.5. The smallest absolute Gasteiger partial charge is 0.358 e. The molecule has 1 aliphatic rings. The molecule has 14 heavy (non-hydrogen) atoms. The van der Waals surface area contributed by atoms with E-state index in [0.717, 1.165) is 25.9 Å². The molecule has 1 rings (SSSR count). The van der Waals surface area contributed by atoms with Crippen molar-refractivity contribution >= 4 is 11.7 Å². The van der Waals surface area contributed by atoms with Crippen LogP contribution in [-0.4, -0.2) is 46.8 Å². The third-order valence-electron chi connectivity index (χ3n) is 2.09. The van der Waals surface area contributed by atoms with Crippen molar-refractivity contribution in [2.24, 2.45) is 10.1 Å². The highest BCUT2D eigenvalue weighted by Gasteiger charge is 2.29. The topological polar surface area (TPSA) is 91.3 Å². The van der Waals surface area contributed by atoms with Crippen LogP contribution >= 0.6 is 0 Å². The first-order valence-electron chi connectivity index (χ1n) is 4.29. The van der Waals surface area contributed by atoms with Crippen LogP contribution in [0.15, 0.2) is 10.1 Å². The quantitative estimate of drug-likeness (QED) is 0.198. The van der Waals surface area contributed by atoms with E-state index in [4.69, 9.17) is 5.21 Å². The number of nitro groups is 1. The molecule has 0 aromatic rings. The second-order valence-corrected chi connectivity index (χ2v) is 2.92. The Kier molecular flexibility index (Phi) is 3.38. The predicted octanol–water partition coefficient (Wildman–Crippen LogP) is 0.175. The van der Waals surface area contributed by atoms with E-state index in [1.165, 1.54) is 7.05 Å². The fraction of sp³-hybridized carbons (Fsp3) is 0.714. The Balaban J connectivity index is 2.85. The van der Waals surface area contributed by atoms with Gasteiger partial charge in [0.25, 0.3) is 0 Å². The molecule has 0 aromatic carbocycles. The normalized spacial score (nSPS) is 18.8. The molecule has 0 unspecified atom stereocenters. The highest BCUT2D eigenvalue weighted by Crippen LogP contribution is 2.09. The Morgan fingerprint density at radius 3 is 2.43 bits per heavy atom. The van der Waals surface area contributed by atoms with Crippen LogP contribution < -0.4 is 0 Å². The fourth-order valence-electron chi connectivity index (χ4n) is 1.47. The van der Waals surface area contributed by atoms with E-state index in [0.29, 0.717) is 0 Å². The number of rotatable bonds is 0. The second-order valence-electron chi connectivity index (χ2n) is 2.92. The first kappa shape index (κ1) is 10.4. The Bertz CT molecular complexity index is 281. The summed E-state index contributed by atoms with van der Waals surface area (Å²) in [6.45, 7) is 1.44.